The van der Waals surface area contributed by atoms with Crippen LogP contribution < -0.4 is 4.74 Å². The van der Waals surface area contributed by atoms with Crippen LogP contribution in [-0.2, 0) is 19.7 Å². The molecule has 1 heterocycles. The average Bonchev–Trinajstić information content (AvgIpc) is 2.86. The van der Waals surface area contributed by atoms with Crippen molar-refractivity contribution >= 4 is 16.0 Å². The molecule has 2 fully saturated rings. The normalized spacial score (nSPS) is 23.4. The molecular formula is C24H26F3NO6S. The maximum atomic E-state index is 13.5. The van der Waals surface area contributed by atoms with Crippen LogP contribution in [0, 0.1) is 11.8 Å². The van der Waals surface area contributed by atoms with Gasteiger partial charge >= 0.3 is 12.1 Å². The predicted octanol–water partition coefficient (Wildman–Crippen LogP) is 4.88. The number of ether oxygens (including phenoxy) is 1. The Balaban J connectivity index is 1.53. The van der Waals surface area contributed by atoms with Gasteiger partial charge in [0.05, 0.1) is 4.90 Å². The molecule has 0 aromatic heterocycles. The number of alkyl halides is 3. The molecular weight excluding hydrogens is 487 g/mol. The molecule has 1 aliphatic carbocycles. The van der Waals surface area contributed by atoms with Crippen LogP contribution in [0.4, 0.5) is 13.2 Å². The first-order valence-electron chi connectivity index (χ1n) is 11.4. The number of carbonyl (C=O) groups is 1. The molecule has 2 aromatic rings. The first kappa shape index (κ1) is 25.5. The molecule has 7 nitrogen and oxygen atoms in total. The van der Waals surface area contributed by atoms with Gasteiger partial charge in [-0.3, -0.25) is 4.89 Å². The molecule has 190 valence electrons. The summed E-state index contributed by atoms with van der Waals surface area (Å²) in [6.07, 6.45) is -0.260. The second-order valence-corrected chi connectivity index (χ2v) is 10.8. The number of sulfonamides is 1. The van der Waals surface area contributed by atoms with Crippen LogP contribution in [0.15, 0.2) is 53.4 Å². The minimum absolute atomic E-state index is 0.00335. The van der Waals surface area contributed by atoms with Gasteiger partial charge in [0.15, 0.2) is 6.61 Å². The highest BCUT2D eigenvalue weighted by molar-refractivity contribution is 7.89. The molecule has 0 spiro atoms. The van der Waals surface area contributed by atoms with E-state index in [0.717, 1.165) is 23.6 Å². The van der Waals surface area contributed by atoms with Gasteiger partial charge in [0.1, 0.15) is 11.8 Å². The van der Waals surface area contributed by atoms with E-state index in [-0.39, 0.29) is 29.0 Å². The van der Waals surface area contributed by atoms with E-state index in [1.54, 1.807) is 24.3 Å². The molecule has 35 heavy (non-hydrogen) atoms. The fourth-order valence-corrected chi connectivity index (χ4v) is 6.77. The van der Waals surface area contributed by atoms with E-state index in [0.29, 0.717) is 24.0 Å². The van der Waals surface area contributed by atoms with Crippen molar-refractivity contribution in [3.63, 3.8) is 0 Å². The Kier molecular flexibility index (Phi) is 7.39. The Morgan fingerprint density at radius 2 is 1.57 bits per heavy atom. The number of rotatable bonds is 6. The first-order chi connectivity index (χ1) is 16.6. The number of benzene rings is 2. The third-order valence-electron chi connectivity index (χ3n) is 6.79. The van der Waals surface area contributed by atoms with Crippen molar-refractivity contribution in [2.75, 3.05) is 13.2 Å². The highest BCUT2D eigenvalue weighted by atomic mass is 32.2. The van der Waals surface area contributed by atoms with Crippen molar-refractivity contribution in [1.82, 2.24) is 4.31 Å². The molecule has 0 amide bonds. The summed E-state index contributed by atoms with van der Waals surface area (Å²) in [5.74, 6) is -0.887. The van der Waals surface area contributed by atoms with E-state index in [9.17, 15) is 26.4 Å². The molecule has 1 N–H and O–H groups in total. The number of halogens is 3. The van der Waals surface area contributed by atoms with E-state index in [4.69, 9.17) is 9.99 Å². The van der Waals surface area contributed by atoms with Gasteiger partial charge in [-0.05, 0) is 60.1 Å². The number of carbonyl (C=O) groups excluding carboxylic acids is 1. The second kappa shape index (κ2) is 10.2. The third kappa shape index (κ3) is 5.62. The fourth-order valence-electron chi connectivity index (χ4n) is 5.14. The maximum Gasteiger partial charge on any atom is 0.422 e. The topological polar surface area (TPSA) is 93.1 Å². The molecule has 2 aliphatic rings. The molecule has 2 aromatic carbocycles. The standard InChI is InChI=1S/C24H26F3NO6S/c25-24(26,27)15-33-19-9-5-16(6-10-19)17-7-11-20(12-8-17)35(31,32)28-14-13-18-3-1-2-4-21(18)22(28)23(29)34-30/h5-12,18,21-22,30H,1-4,13-15H2. The van der Waals surface area contributed by atoms with Crippen LogP contribution in [-0.4, -0.2) is 49.3 Å². The van der Waals surface area contributed by atoms with E-state index in [1.165, 1.54) is 24.3 Å². The lowest BCUT2D eigenvalue weighted by Gasteiger charge is -2.45. The van der Waals surface area contributed by atoms with E-state index >= 15 is 0 Å². The Hall–Kier alpha value is -2.63. The lowest BCUT2D eigenvalue weighted by atomic mass is 9.71. The van der Waals surface area contributed by atoms with Gasteiger partial charge in [0, 0.05) is 6.54 Å². The van der Waals surface area contributed by atoms with Crippen molar-refractivity contribution in [3.8, 4) is 16.9 Å². The summed E-state index contributed by atoms with van der Waals surface area (Å²) in [6.45, 7) is -1.23. The Morgan fingerprint density at radius 1 is 0.971 bits per heavy atom. The largest absolute Gasteiger partial charge is 0.484 e. The zero-order valence-corrected chi connectivity index (χ0v) is 19.6. The van der Waals surface area contributed by atoms with E-state index < -0.39 is 34.8 Å². The summed E-state index contributed by atoms with van der Waals surface area (Å²) in [6, 6.07) is 10.9. The van der Waals surface area contributed by atoms with Gasteiger partial charge in [0.2, 0.25) is 10.0 Å². The van der Waals surface area contributed by atoms with Crippen LogP contribution in [0.25, 0.3) is 11.1 Å². The molecule has 4 rings (SSSR count). The molecule has 3 unspecified atom stereocenters. The minimum atomic E-state index is -4.43. The summed E-state index contributed by atoms with van der Waals surface area (Å²) in [7, 11) is -4.05. The number of hydrogen-bond acceptors (Lipinski definition) is 6. The number of piperidine rings is 1. The molecule has 3 atom stereocenters. The van der Waals surface area contributed by atoms with Crippen LogP contribution in [0.3, 0.4) is 0 Å². The SMILES string of the molecule is O=C(OO)C1C2CCCCC2CCN1S(=O)(=O)c1ccc(-c2ccc(OCC(F)(F)F)cc2)cc1. The number of nitrogens with zero attached hydrogens (tertiary/aromatic N) is 1. The highest BCUT2D eigenvalue weighted by Crippen LogP contribution is 2.42. The van der Waals surface area contributed by atoms with Crippen molar-refractivity contribution in [1.29, 1.82) is 0 Å². The molecule has 0 radical (unpaired) electrons. The summed E-state index contributed by atoms with van der Waals surface area (Å²) < 4.78 is 69.7. The lowest BCUT2D eigenvalue weighted by molar-refractivity contribution is -0.241. The summed E-state index contributed by atoms with van der Waals surface area (Å²) >= 11 is 0. The zero-order valence-electron chi connectivity index (χ0n) is 18.8. The van der Waals surface area contributed by atoms with Crippen molar-refractivity contribution in [2.45, 2.75) is 49.2 Å². The Labute approximate surface area is 201 Å². The van der Waals surface area contributed by atoms with Crippen LogP contribution >= 0.6 is 0 Å². The average molecular weight is 514 g/mol. The third-order valence-corrected chi connectivity index (χ3v) is 8.68. The van der Waals surface area contributed by atoms with Gasteiger partial charge in [0.25, 0.3) is 0 Å². The quantitative estimate of drug-likeness (QED) is 0.437. The first-order valence-corrected chi connectivity index (χ1v) is 12.8. The van der Waals surface area contributed by atoms with Crippen molar-refractivity contribution in [3.05, 3.63) is 48.5 Å². The second-order valence-electron chi connectivity index (χ2n) is 8.92. The van der Waals surface area contributed by atoms with E-state index in [2.05, 4.69) is 4.89 Å². The van der Waals surface area contributed by atoms with E-state index in [1.807, 2.05) is 0 Å². The zero-order chi connectivity index (χ0) is 25.2. The Bertz CT molecular complexity index is 1140. The van der Waals surface area contributed by atoms with Crippen LogP contribution in [0.5, 0.6) is 5.75 Å². The molecule has 0 bridgehead atoms. The monoisotopic (exact) mass is 513 g/mol. The van der Waals surface area contributed by atoms with Gasteiger partial charge in [-0.2, -0.15) is 22.7 Å². The predicted molar refractivity (Wildman–Crippen MR) is 120 cm³/mol. The number of fused-ring (bicyclic) bond motifs is 1. The number of hydrogen-bond donors (Lipinski definition) is 1. The van der Waals surface area contributed by atoms with Gasteiger partial charge in [-0.1, -0.05) is 43.5 Å². The van der Waals surface area contributed by atoms with Gasteiger partial charge in [-0.25, -0.2) is 13.2 Å². The molecule has 1 aliphatic heterocycles. The van der Waals surface area contributed by atoms with Crippen LogP contribution in [0.1, 0.15) is 32.1 Å². The lowest BCUT2D eigenvalue weighted by Crippen LogP contribution is -2.56. The Morgan fingerprint density at radius 3 is 2.17 bits per heavy atom. The molecule has 1 saturated carbocycles. The molecule has 11 heteroatoms. The smallest absolute Gasteiger partial charge is 0.422 e. The summed E-state index contributed by atoms with van der Waals surface area (Å²) in [4.78, 5) is 16.4. The fraction of sp³-hybridized carbons (Fsp3) is 0.458. The minimum Gasteiger partial charge on any atom is -0.484 e. The molecule has 1 saturated heterocycles. The summed E-state index contributed by atoms with van der Waals surface area (Å²) in [5, 5.41) is 9.05. The van der Waals surface area contributed by atoms with Crippen molar-refractivity contribution in [2.24, 2.45) is 11.8 Å². The highest BCUT2D eigenvalue weighted by Gasteiger charge is 2.48. The van der Waals surface area contributed by atoms with Gasteiger partial charge in [-0.15, -0.1) is 0 Å². The van der Waals surface area contributed by atoms with Gasteiger partial charge < -0.3 is 4.74 Å². The van der Waals surface area contributed by atoms with Crippen molar-refractivity contribution < 1.29 is 41.3 Å². The van der Waals surface area contributed by atoms with Crippen LogP contribution in [0.2, 0.25) is 0 Å². The maximum absolute atomic E-state index is 13.5. The summed E-state index contributed by atoms with van der Waals surface area (Å²) in [5.41, 5.74) is 1.32.